The van der Waals surface area contributed by atoms with Crippen molar-refractivity contribution in [2.45, 2.75) is 39.2 Å². The molecule has 1 aromatic carbocycles. The van der Waals surface area contributed by atoms with Crippen LogP contribution in [-0.2, 0) is 13.0 Å². The molecule has 1 aliphatic rings. The molecule has 0 bridgehead atoms. The SMILES string of the molecule is CC(C)c1nnc(CN2CCC(Cc3cccc(C(=O)O)c3)C2)o1. The summed E-state index contributed by atoms with van der Waals surface area (Å²) in [5.74, 6) is 1.27. The Hall–Kier alpha value is -2.21. The molecule has 6 heteroatoms. The van der Waals surface area contributed by atoms with Gasteiger partial charge in [0.1, 0.15) is 0 Å². The average Bonchev–Trinajstić information content (AvgIpc) is 3.18. The molecule has 1 saturated heterocycles. The van der Waals surface area contributed by atoms with Crippen LogP contribution in [0.3, 0.4) is 0 Å². The minimum Gasteiger partial charge on any atom is -0.478 e. The standard InChI is InChI=1S/C18H23N3O3/c1-12(2)17-20-19-16(24-17)11-21-7-6-14(10-21)8-13-4-3-5-15(9-13)18(22)23/h3-5,9,12,14H,6-8,10-11H2,1-2H3,(H,22,23). The van der Waals surface area contributed by atoms with Gasteiger partial charge >= 0.3 is 5.97 Å². The highest BCUT2D eigenvalue weighted by Crippen LogP contribution is 2.23. The van der Waals surface area contributed by atoms with E-state index in [0.717, 1.165) is 31.5 Å². The van der Waals surface area contributed by atoms with E-state index >= 15 is 0 Å². The van der Waals surface area contributed by atoms with Crippen molar-refractivity contribution in [2.24, 2.45) is 5.92 Å². The summed E-state index contributed by atoms with van der Waals surface area (Å²) in [6.07, 6.45) is 2.00. The normalized spacial score (nSPS) is 18.4. The molecule has 0 amide bonds. The van der Waals surface area contributed by atoms with Crippen LogP contribution in [0.1, 0.15) is 53.9 Å². The van der Waals surface area contributed by atoms with Crippen molar-refractivity contribution in [1.82, 2.24) is 15.1 Å². The fourth-order valence-electron chi connectivity index (χ4n) is 3.14. The van der Waals surface area contributed by atoms with E-state index in [2.05, 4.69) is 15.1 Å². The van der Waals surface area contributed by atoms with Gasteiger partial charge in [-0.2, -0.15) is 0 Å². The number of aromatic nitrogens is 2. The van der Waals surface area contributed by atoms with Crippen molar-refractivity contribution >= 4 is 5.97 Å². The summed E-state index contributed by atoms with van der Waals surface area (Å²) < 4.78 is 5.67. The van der Waals surface area contributed by atoms with Gasteiger partial charge < -0.3 is 9.52 Å². The van der Waals surface area contributed by atoms with Crippen LogP contribution in [0.25, 0.3) is 0 Å². The molecule has 1 aromatic heterocycles. The lowest BCUT2D eigenvalue weighted by atomic mass is 9.97. The van der Waals surface area contributed by atoms with E-state index in [1.807, 2.05) is 26.0 Å². The van der Waals surface area contributed by atoms with E-state index in [4.69, 9.17) is 9.52 Å². The maximum Gasteiger partial charge on any atom is 0.335 e. The molecule has 1 unspecified atom stereocenters. The topological polar surface area (TPSA) is 79.5 Å². The molecule has 0 radical (unpaired) electrons. The minimum absolute atomic E-state index is 0.249. The Kier molecular flexibility index (Phi) is 4.94. The molecule has 24 heavy (non-hydrogen) atoms. The number of benzene rings is 1. The zero-order valence-electron chi connectivity index (χ0n) is 14.1. The molecule has 0 saturated carbocycles. The van der Waals surface area contributed by atoms with Crippen LogP contribution in [-0.4, -0.2) is 39.3 Å². The third kappa shape index (κ3) is 4.00. The lowest BCUT2D eigenvalue weighted by Gasteiger charge is -2.14. The molecule has 6 nitrogen and oxygen atoms in total. The molecular weight excluding hydrogens is 306 g/mol. The number of carbonyl (C=O) groups is 1. The molecule has 2 aromatic rings. The molecule has 1 aliphatic heterocycles. The Bertz CT molecular complexity index is 711. The van der Waals surface area contributed by atoms with E-state index in [1.54, 1.807) is 12.1 Å². The molecule has 0 spiro atoms. The van der Waals surface area contributed by atoms with Crippen LogP contribution < -0.4 is 0 Å². The van der Waals surface area contributed by atoms with Gasteiger partial charge in [0.2, 0.25) is 11.8 Å². The summed E-state index contributed by atoms with van der Waals surface area (Å²) >= 11 is 0. The summed E-state index contributed by atoms with van der Waals surface area (Å²) in [5, 5.41) is 17.3. The first kappa shape index (κ1) is 16.6. The molecule has 2 heterocycles. The van der Waals surface area contributed by atoms with Gasteiger partial charge in [0.05, 0.1) is 12.1 Å². The Morgan fingerprint density at radius 1 is 1.42 bits per heavy atom. The highest BCUT2D eigenvalue weighted by atomic mass is 16.4. The summed E-state index contributed by atoms with van der Waals surface area (Å²) in [7, 11) is 0. The Balaban J connectivity index is 1.55. The lowest BCUT2D eigenvalue weighted by molar-refractivity contribution is 0.0696. The Labute approximate surface area is 141 Å². The fourth-order valence-corrected chi connectivity index (χ4v) is 3.14. The molecule has 0 aliphatic carbocycles. The second-order valence-electron chi connectivity index (χ2n) is 6.79. The first-order chi connectivity index (χ1) is 11.5. The van der Waals surface area contributed by atoms with Crippen LogP contribution in [0, 0.1) is 5.92 Å². The van der Waals surface area contributed by atoms with Crippen LogP contribution in [0.15, 0.2) is 28.7 Å². The van der Waals surface area contributed by atoms with E-state index in [1.165, 1.54) is 0 Å². The van der Waals surface area contributed by atoms with Crippen molar-refractivity contribution < 1.29 is 14.3 Å². The monoisotopic (exact) mass is 329 g/mol. The van der Waals surface area contributed by atoms with Crippen molar-refractivity contribution in [3.05, 3.63) is 47.2 Å². The maximum atomic E-state index is 11.1. The molecule has 128 valence electrons. The van der Waals surface area contributed by atoms with Gasteiger partial charge in [-0.25, -0.2) is 4.79 Å². The van der Waals surface area contributed by atoms with E-state index in [-0.39, 0.29) is 5.92 Å². The summed E-state index contributed by atoms with van der Waals surface area (Å²) in [4.78, 5) is 13.4. The summed E-state index contributed by atoms with van der Waals surface area (Å²) in [6.45, 7) is 6.73. The van der Waals surface area contributed by atoms with Gasteiger partial charge in [-0.3, -0.25) is 4.90 Å². The molecule has 1 atom stereocenters. The fraction of sp³-hybridized carbons (Fsp3) is 0.500. The Morgan fingerprint density at radius 3 is 2.96 bits per heavy atom. The minimum atomic E-state index is -0.873. The second kappa shape index (κ2) is 7.13. The zero-order valence-corrected chi connectivity index (χ0v) is 14.1. The van der Waals surface area contributed by atoms with Crippen LogP contribution in [0.5, 0.6) is 0 Å². The highest BCUT2D eigenvalue weighted by molar-refractivity contribution is 5.87. The molecular formula is C18H23N3O3. The predicted octanol–water partition coefficient (Wildman–Crippen LogP) is 2.96. The number of aromatic carboxylic acids is 1. The van der Waals surface area contributed by atoms with Gasteiger partial charge in [-0.05, 0) is 43.0 Å². The number of likely N-dealkylation sites (tertiary alicyclic amines) is 1. The number of hydrogen-bond donors (Lipinski definition) is 1. The highest BCUT2D eigenvalue weighted by Gasteiger charge is 2.24. The van der Waals surface area contributed by atoms with Gasteiger partial charge in [-0.15, -0.1) is 10.2 Å². The smallest absolute Gasteiger partial charge is 0.335 e. The number of carboxylic acid groups (broad SMARTS) is 1. The molecule has 1 N–H and O–H groups in total. The molecule has 3 rings (SSSR count). The van der Waals surface area contributed by atoms with Gasteiger partial charge in [0, 0.05) is 12.5 Å². The number of carboxylic acids is 1. The third-order valence-electron chi connectivity index (χ3n) is 4.40. The number of rotatable bonds is 6. The van der Waals surface area contributed by atoms with Crippen LogP contribution in [0.4, 0.5) is 0 Å². The lowest BCUT2D eigenvalue weighted by Crippen LogP contribution is -2.20. The summed E-state index contributed by atoms with van der Waals surface area (Å²) in [5.41, 5.74) is 1.44. The number of nitrogens with zero attached hydrogens (tertiary/aromatic N) is 3. The van der Waals surface area contributed by atoms with E-state index in [9.17, 15) is 4.79 Å². The third-order valence-corrected chi connectivity index (χ3v) is 4.40. The van der Waals surface area contributed by atoms with Crippen LogP contribution in [0.2, 0.25) is 0 Å². The Morgan fingerprint density at radius 2 is 2.25 bits per heavy atom. The van der Waals surface area contributed by atoms with Gasteiger partial charge in [0.15, 0.2) is 0 Å². The maximum absolute atomic E-state index is 11.1. The predicted molar refractivity (Wildman–Crippen MR) is 88.9 cm³/mol. The van der Waals surface area contributed by atoms with E-state index < -0.39 is 5.97 Å². The number of hydrogen-bond acceptors (Lipinski definition) is 5. The largest absolute Gasteiger partial charge is 0.478 e. The zero-order chi connectivity index (χ0) is 17.1. The van der Waals surface area contributed by atoms with Gasteiger partial charge in [-0.1, -0.05) is 26.0 Å². The second-order valence-corrected chi connectivity index (χ2v) is 6.79. The van der Waals surface area contributed by atoms with Crippen molar-refractivity contribution in [3.63, 3.8) is 0 Å². The van der Waals surface area contributed by atoms with Gasteiger partial charge in [0.25, 0.3) is 0 Å². The van der Waals surface area contributed by atoms with E-state index in [0.29, 0.717) is 29.8 Å². The first-order valence-corrected chi connectivity index (χ1v) is 8.38. The molecule has 1 fully saturated rings. The van der Waals surface area contributed by atoms with Crippen molar-refractivity contribution in [2.75, 3.05) is 13.1 Å². The first-order valence-electron chi connectivity index (χ1n) is 8.38. The average molecular weight is 329 g/mol. The van der Waals surface area contributed by atoms with Crippen LogP contribution >= 0.6 is 0 Å². The summed E-state index contributed by atoms with van der Waals surface area (Å²) in [6, 6.07) is 7.23. The van der Waals surface area contributed by atoms with Crippen molar-refractivity contribution in [1.29, 1.82) is 0 Å². The quantitative estimate of drug-likeness (QED) is 0.878. The van der Waals surface area contributed by atoms with Crippen molar-refractivity contribution in [3.8, 4) is 0 Å².